The standard InChI is InChI=1S/C10H5Br2NO2/c11-6-1-2-7-5(3-6)4-8(10(14)15)13-9(7)12/h1-4H,(H,14,15). The Bertz CT molecular complexity index is 554. The molecule has 1 aromatic heterocycles. The van der Waals surface area contributed by atoms with Crippen molar-refractivity contribution < 1.29 is 9.90 Å². The molecule has 2 rings (SSSR count). The SMILES string of the molecule is O=C(O)c1cc2cc(Br)ccc2c(Br)n1. The van der Waals surface area contributed by atoms with Gasteiger partial charge in [-0.1, -0.05) is 22.0 Å². The number of hydrogen-bond donors (Lipinski definition) is 1. The van der Waals surface area contributed by atoms with Gasteiger partial charge in [-0.05, 0) is 39.5 Å². The van der Waals surface area contributed by atoms with Crippen LogP contribution in [0.1, 0.15) is 10.5 Å². The largest absolute Gasteiger partial charge is 0.477 e. The molecule has 0 atom stereocenters. The maximum absolute atomic E-state index is 10.8. The van der Waals surface area contributed by atoms with Gasteiger partial charge in [0, 0.05) is 9.86 Å². The molecule has 5 heteroatoms. The average Bonchev–Trinajstić information content (AvgIpc) is 2.16. The highest BCUT2D eigenvalue weighted by atomic mass is 79.9. The highest BCUT2D eigenvalue weighted by Gasteiger charge is 2.09. The molecule has 0 unspecified atom stereocenters. The number of halogens is 2. The number of hydrogen-bond acceptors (Lipinski definition) is 2. The normalized spacial score (nSPS) is 10.5. The van der Waals surface area contributed by atoms with Gasteiger partial charge >= 0.3 is 5.97 Å². The summed E-state index contributed by atoms with van der Waals surface area (Å²) in [5.74, 6) is -1.03. The Labute approximate surface area is 102 Å². The molecule has 0 saturated heterocycles. The average molecular weight is 331 g/mol. The third-order valence-electron chi connectivity index (χ3n) is 1.97. The molecule has 0 amide bonds. The Morgan fingerprint density at radius 2 is 2.00 bits per heavy atom. The lowest BCUT2D eigenvalue weighted by molar-refractivity contribution is 0.0690. The number of benzene rings is 1. The summed E-state index contributed by atoms with van der Waals surface area (Å²) in [6, 6.07) is 7.17. The van der Waals surface area contributed by atoms with Crippen molar-refractivity contribution in [3.8, 4) is 0 Å². The van der Waals surface area contributed by atoms with Gasteiger partial charge in [-0.3, -0.25) is 0 Å². The number of rotatable bonds is 1. The van der Waals surface area contributed by atoms with Crippen LogP contribution in [0.3, 0.4) is 0 Å². The van der Waals surface area contributed by atoms with Crippen molar-refractivity contribution in [2.75, 3.05) is 0 Å². The molecule has 2 aromatic rings. The van der Waals surface area contributed by atoms with Crippen molar-refractivity contribution in [2.24, 2.45) is 0 Å². The Kier molecular flexibility index (Phi) is 2.75. The predicted molar refractivity (Wildman–Crippen MR) is 64.1 cm³/mol. The first-order valence-corrected chi connectivity index (χ1v) is 5.65. The second-order valence-electron chi connectivity index (χ2n) is 2.97. The molecule has 0 aliphatic carbocycles. The summed E-state index contributed by atoms with van der Waals surface area (Å²) in [6.45, 7) is 0. The molecule has 0 fully saturated rings. The first-order valence-electron chi connectivity index (χ1n) is 4.07. The van der Waals surface area contributed by atoms with Crippen molar-refractivity contribution in [1.82, 2.24) is 4.98 Å². The number of carbonyl (C=O) groups is 1. The summed E-state index contributed by atoms with van der Waals surface area (Å²) in [7, 11) is 0. The highest BCUT2D eigenvalue weighted by Crippen LogP contribution is 2.26. The molecule has 0 spiro atoms. The molecule has 76 valence electrons. The van der Waals surface area contributed by atoms with Gasteiger partial charge in [0.25, 0.3) is 0 Å². The predicted octanol–water partition coefficient (Wildman–Crippen LogP) is 3.46. The van der Waals surface area contributed by atoms with Crippen LogP contribution in [0, 0.1) is 0 Å². The van der Waals surface area contributed by atoms with E-state index in [1.165, 1.54) is 0 Å². The fourth-order valence-corrected chi connectivity index (χ4v) is 2.23. The first kappa shape index (κ1) is 10.6. The van der Waals surface area contributed by atoms with Crippen molar-refractivity contribution in [2.45, 2.75) is 0 Å². The summed E-state index contributed by atoms with van der Waals surface area (Å²) in [6.07, 6.45) is 0. The van der Waals surface area contributed by atoms with Crippen LogP contribution in [-0.2, 0) is 0 Å². The van der Waals surface area contributed by atoms with Gasteiger partial charge < -0.3 is 5.11 Å². The second kappa shape index (κ2) is 3.90. The molecule has 0 saturated carbocycles. The molecule has 0 aliphatic heterocycles. The van der Waals surface area contributed by atoms with Gasteiger partial charge in [0.05, 0.1) is 0 Å². The zero-order chi connectivity index (χ0) is 11.0. The van der Waals surface area contributed by atoms with Crippen LogP contribution >= 0.6 is 31.9 Å². The van der Waals surface area contributed by atoms with E-state index in [2.05, 4.69) is 36.8 Å². The highest BCUT2D eigenvalue weighted by molar-refractivity contribution is 9.10. The summed E-state index contributed by atoms with van der Waals surface area (Å²) in [5, 5.41) is 10.6. The van der Waals surface area contributed by atoms with Crippen molar-refractivity contribution in [3.63, 3.8) is 0 Å². The van der Waals surface area contributed by atoms with Gasteiger partial charge in [0.1, 0.15) is 10.3 Å². The van der Waals surface area contributed by atoms with E-state index < -0.39 is 5.97 Å². The van der Waals surface area contributed by atoms with E-state index in [9.17, 15) is 4.79 Å². The van der Waals surface area contributed by atoms with E-state index in [1.54, 1.807) is 6.07 Å². The number of pyridine rings is 1. The van der Waals surface area contributed by atoms with Gasteiger partial charge in [-0.15, -0.1) is 0 Å². The van der Waals surface area contributed by atoms with E-state index in [4.69, 9.17) is 5.11 Å². The van der Waals surface area contributed by atoms with Crippen LogP contribution in [0.4, 0.5) is 0 Å². The van der Waals surface area contributed by atoms with E-state index >= 15 is 0 Å². The zero-order valence-corrected chi connectivity index (χ0v) is 10.5. The second-order valence-corrected chi connectivity index (χ2v) is 4.64. The number of carboxylic acids is 1. The van der Waals surface area contributed by atoms with Crippen LogP contribution in [0.5, 0.6) is 0 Å². The molecule has 15 heavy (non-hydrogen) atoms. The molecule has 0 radical (unpaired) electrons. The minimum absolute atomic E-state index is 0.0347. The molecular formula is C10H5Br2NO2. The molecular weight excluding hydrogens is 326 g/mol. The minimum Gasteiger partial charge on any atom is -0.477 e. The number of carboxylic acid groups (broad SMARTS) is 1. The summed E-state index contributed by atoms with van der Waals surface area (Å²) in [4.78, 5) is 14.7. The molecule has 1 heterocycles. The maximum Gasteiger partial charge on any atom is 0.354 e. The summed E-state index contributed by atoms with van der Waals surface area (Å²) in [5.41, 5.74) is 0.0347. The van der Waals surface area contributed by atoms with Gasteiger partial charge in [0.15, 0.2) is 0 Å². The maximum atomic E-state index is 10.8. The molecule has 1 aromatic carbocycles. The summed E-state index contributed by atoms with van der Waals surface area (Å²) < 4.78 is 1.45. The van der Waals surface area contributed by atoms with Crippen LogP contribution in [-0.4, -0.2) is 16.1 Å². The Morgan fingerprint density at radius 3 is 2.67 bits per heavy atom. The van der Waals surface area contributed by atoms with E-state index in [0.717, 1.165) is 15.2 Å². The zero-order valence-electron chi connectivity index (χ0n) is 7.37. The molecule has 1 N–H and O–H groups in total. The number of aromatic nitrogens is 1. The van der Waals surface area contributed by atoms with Gasteiger partial charge in [-0.25, -0.2) is 9.78 Å². The Balaban J connectivity index is 2.79. The lowest BCUT2D eigenvalue weighted by atomic mass is 10.1. The van der Waals surface area contributed by atoms with Gasteiger partial charge in [-0.2, -0.15) is 0 Å². The molecule has 3 nitrogen and oxygen atoms in total. The fraction of sp³-hybridized carbons (Fsp3) is 0. The number of nitrogens with zero attached hydrogens (tertiary/aromatic N) is 1. The molecule has 0 aliphatic rings. The van der Waals surface area contributed by atoms with E-state index in [1.807, 2.05) is 18.2 Å². The van der Waals surface area contributed by atoms with Crippen molar-refractivity contribution >= 4 is 48.6 Å². The Hall–Kier alpha value is -0.940. The lowest BCUT2D eigenvalue weighted by Crippen LogP contribution is -2.00. The van der Waals surface area contributed by atoms with E-state index in [-0.39, 0.29) is 5.69 Å². The van der Waals surface area contributed by atoms with Crippen LogP contribution in [0.25, 0.3) is 10.8 Å². The third-order valence-corrected chi connectivity index (χ3v) is 3.06. The van der Waals surface area contributed by atoms with Crippen molar-refractivity contribution in [1.29, 1.82) is 0 Å². The topological polar surface area (TPSA) is 50.2 Å². The fourth-order valence-electron chi connectivity index (χ4n) is 1.30. The first-order chi connectivity index (χ1) is 7.08. The van der Waals surface area contributed by atoms with E-state index in [0.29, 0.717) is 4.60 Å². The smallest absolute Gasteiger partial charge is 0.354 e. The van der Waals surface area contributed by atoms with Crippen LogP contribution < -0.4 is 0 Å². The quantitative estimate of drug-likeness (QED) is 0.815. The lowest BCUT2D eigenvalue weighted by Gasteiger charge is -2.02. The third kappa shape index (κ3) is 2.03. The Morgan fingerprint density at radius 1 is 1.27 bits per heavy atom. The minimum atomic E-state index is -1.03. The monoisotopic (exact) mass is 329 g/mol. The van der Waals surface area contributed by atoms with Crippen LogP contribution in [0.2, 0.25) is 0 Å². The number of fused-ring (bicyclic) bond motifs is 1. The summed E-state index contributed by atoms with van der Waals surface area (Å²) >= 11 is 6.59. The van der Waals surface area contributed by atoms with Gasteiger partial charge in [0.2, 0.25) is 0 Å². The van der Waals surface area contributed by atoms with Crippen molar-refractivity contribution in [3.05, 3.63) is 39.0 Å². The number of aromatic carboxylic acids is 1. The molecule has 0 bridgehead atoms. The van der Waals surface area contributed by atoms with Crippen LogP contribution in [0.15, 0.2) is 33.3 Å².